The topological polar surface area (TPSA) is 85.5 Å². The van der Waals surface area contributed by atoms with Crippen molar-refractivity contribution >= 4 is 35.0 Å². The number of urea groups is 1. The van der Waals surface area contributed by atoms with Crippen LogP contribution in [0.1, 0.15) is 33.1 Å². The first-order valence-electron chi connectivity index (χ1n) is 9.40. The molecule has 0 radical (unpaired) electrons. The van der Waals surface area contributed by atoms with Gasteiger partial charge in [0.05, 0.1) is 5.92 Å². The van der Waals surface area contributed by atoms with E-state index in [1.807, 2.05) is 30.3 Å². The molecule has 2 rings (SSSR count). The van der Waals surface area contributed by atoms with Gasteiger partial charge in [-0.05, 0) is 49.5 Å². The Morgan fingerprint density at radius 1 is 1.22 bits per heavy atom. The number of hydrogen-bond acceptors (Lipinski definition) is 3. The highest BCUT2D eigenvalue weighted by atomic mass is 32.1. The van der Waals surface area contributed by atoms with Crippen LogP contribution in [0.25, 0.3) is 0 Å². The first kappa shape index (κ1) is 21.0. The van der Waals surface area contributed by atoms with Crippen molar-refractivity contribution in [3.05, 3.63) is 30.3 Å². The Hall–Kier alpha value is -2.35. The Balaban J connectivity index is 1.75. The van der Waals surface area contributed by atoms with Crippen LogP contribution >= 0.6 is 12.2 Å². The molecular formula is C19H29N5O2S. The zero-order chi connectivity index (χ0) is 19.6. The number of thiocarbonyl (C=S) groups is 1. The summed E-state index contributed by atoms with van der Waals surface area (Å²) in [5.74, 6) is 0.177. The van der Waals surface area contributed by atoms with Gasteiger partial charge >= 0.3 is 6.03 Å². The fraction of sp³-hybridized carbons (Fsp3) is 0.526. The molecule has 1 aliphatic heterocycles. The molecule has 8 heteroatoms. The zero-order valence-corrected chi connectivity index (χ0v) is 16.8. The van der Waals surface area contributed by atoms with E-state index in [0.717, 1.165) is 31.5 Å². The molecule has 0 bridgehead atoms. The van der Waals surface area contributed by atoms with Crippen molar-refractivity contribution < 1.29 is 9.59 Å². The number of benzene rings is 1. The molecule has 0 spiro atoms. The lowest BCUT2D eigenvalue weighted by Gasteiger charge is -2.32. The van der Waals surface area contributed by atoms with Gasteiger partial charge in [-0.15, -0.1) is 0 Å². The van der Waals surface area contributed by atoms with Crippen molar-refractivity contribution in [2.45, 2.75) is 33.1 Å². The van der Waals surface area contributed by atoms with Crippen LogP contribution in [0.5, 0.6) is 0 Å². The van der Waals surface area contributed by atoms with Gasteiger partial charge in [-0.25, -0.2) is 4.79 Å². The van der Waals surface area contributed by atoms with Crippen molar-refractivity contribution in [3.8, 4) is 0 Å². The van der Waals surface area contributed by atoms with Crippen molar-refractivity contribution in [1.29, 1.82) is 0 Å². The molecule has 7 nitrogen and oxygen atoms in total. The van der Waals surface area contributed by atoms with E-state index in [1.54, 1.807) is 4.90 Å². The number of carbonyl (C=O) groups is 2. The van der Waals surface area contributed by atoms with Gasteiger partial charge in [0.1, 0.15) is 0 Å². The number of para-hydroxylation sites is 1. The van der Waals surface area contributed by atoms with Crippen molar-refractivity contribution in [2.24, 2.45) is 11.8 Å². The molecular weight excluding hydrogens is 362 g/mol. The van der Waals surface area contributed by atoms with Crippen LogP contribution in [0.3, 0.4) is 0 Å². The third kappa shape index (κ3) is 7.42. The molecule has 0 aliphatic carbocycles. The van der Waals surface area contributed by atoms with Crippen LogP contribution in [0, 0.1) is 11.8 Å². The van der Waals surface area contributed by atoms with E-state index in [-0.39, 0.29) is 17.9 Å². The molecule has 0 aromatic heterocycles. The normalized spacial score (nSPS) is 16.6. The Labute approximate surface area is 166 Å². The number of carbonyl (C=O) groups excluding carboxylic acids is 2. The molecule has 1 aromatic carbocycles. The third-order valence-corrected chi connectivity index (χ3v) is 4.66. The molecule has 1 aliphatic rings. The van der Waals surface area contributed by atoms with Crippen molar-refractivity contribution in [1.82, 2.24) is 21.1 Å². The minimum atomic E-state index is -0.258. The number of anilines is 1. The minimum Gasteiger partial charge on any atom is -0.361 e. The summed E-state index contributed by atoms with van der Waals surface area (Å²) < 4.78 is 0. The summed E-state index contributed by atoms with van der Waals surface area (Å²) in [5.41, 5.74) is 6.13. The number of hydrogen-bond donors (Lipinski definition) is 4. The summed E-state index contributed by atoms with van der Waals surface area (Å²) in [6, 6.07) is 9.12. The monoisotopic (exact) mass is 391 g/mol. The second kappa shape index (κ2) is 10.7. The Bertz CT molecular complexity index is 638. The predicted octanol–water partition coefficient (Wildman–Crippen LogP) is 2.47. The second-order valence-corrected chi connectivity index (χ2v) is 7.54. The van der Waals surface area contributed by atoms with Crippen LogP contribution in [0.2, 0.25) is 0 Å². The maximum atomic E-state index is 12.4. The molecule has 1 aromatic rings. The Morgan fingerprint density at radius 3 is 2.67 bits per heavy atom. The largest absolute Gasteiger partial charge is 0.361 e. The average molecular weight is 392 g/mol. The van der Waals surface area contributed by atoms with Gasteiger partial charge in [-0.3, -0.25) is 15.6 Å². The summed E-state index contributed by atoms with van der Waals surface area (Å²) in [4.78, 5) is 26.5. The molecule has 27 heavy (non-hydrogen) atoms. The number of nitrogens with zero attached hydrogens (tertiary/aromatic N) is 1. The van der Waals surface area contributed by atoms with Crippen LogP contribution in [-0.2, 0) is 4.79 Å². The second-order valence-electron chi connectivity index (χ2n) is 7.13. The van der Waals surface area contributed by atoms with E-state index < -0.39 is 0 Å². The molecule has 1 atom stereocenters. The van der Waals surface area contributed by atoms with Crippen LogP contribution in [-0.4, -0.2) is 41.6 Å². The predicted molar refractivity (Wildman–Crippen MR) is 111 cm³/mol. The Morgan fingerprint density at radius 2 is 1.96 bits per heavy atom. The van der Waals surface area contributed by atoms with Crippen molar-refractivity contribution in [3.63, 3.8) is 0 Å². The summed E-state index contributed by atoms with van der Waals surface area (Å²) in [6.07, 6.45) is 2.54. The summed E-state index contributed by atoms with van der Waals surface area (Å²) in [6.45, 7) is 6.08. The Kier molecular flexibility index (Phi) is 8.32. The van der Waals surface area contributed by atoms with Crippen LogP contribution in [0.15, 0.2) is 30.3 Å². The summed E-state index contributed by atoms with van der Waals surface area (Å²) in [5, 5.41) is 6.32. The van der Waals surface area contributed by atoms with Crippen molar-refractivity contribution in [2.75, 3.05) is 25.0 Å². The lowest BCUT2D eigenvalue weighted by molar-refractivity contribution is -0.126. The molecule has 0 unspecified atom stereocenters. The average Bonchev–Trinajstić information content (AvgIpc) is 2.66. The minimum absolute atomic E-state index is 0.153. The maximum absolute atomic E-state index is 12.4. The van der Waals surface area contributed by atoms with Gasteiger partial charge in [-0.2, -0.15) is 0 Å². The third-order valence-electron chi connectivity index (χ3n) is 4.41. The van der Waals surface area contributed by atoms with Gasteiger partial charge in [0.25, 0.3) is 0 Å². The van der Waals surface area contributed by atoms with Gasteiger partial charge in [0.2, 0.25) is 5.91 Å². The fourth-order valence-corrected chi connectivity index (χ4v) is 2.99. The van der Waals surface area contributed by atoms with Gasteiger partial charge in [-0.1, -0.05) is 32.0 Å². The highest BCUT2D eigenvalue weighted by Crippen LogP contribution is 2.18. The number of rotatable bonds is 5. The summed E-state index contributed by atoms with van der Waals surface area (Å²) >= 11 is 5.15. The molecule has 3 amide bonds. The first-order valence-corrected chi connectivity index (χ1v) is 9.81. The van der Waals surface area contributed by atoms with Gasteiger partial charge in [0.15, 0.2) is 5.11 Å². The number of piperidine rings is 1. The lowest BCUT2D eigenvalue weighted by atomic mass is 9.98. The summed E-state index contributed by atoms with van der Waals surface area (Å²) in [7, 11) is 0. The SMILES string of the molecule is CC(C)CCNC(=S)NNC(=O)[C@@H]1CCCN(C(=O)Nc2ccccc2)C1. The lowest BCUT2D eigenvalue weighted by Crippen LogP contribution is -2.52. The molecule has 4 N–H and O–H groups in total. The maximum Gasteiger partial charge on any atom is 0.321 e. The zero-order valence-electron chi connectivity index (χ0n) is 16.0. The van der Waals surface area contributed by atoms with Crippen LogP contribution in [0.4, 0.5) is 10.5 Å². The van der Waals surface area contributed by atoms with Gasteiger partial charge < -0.3 is 15.5 Å². The first-order chi connectivity index (χ1) is 13.0. The van der Waals surface area contributed by atoms with E-state index in [1.165, 1.54) is 0 Å². The van der Waals surface area contributed by atoms with E-state index in [9.17, 15) is 9.59 Å². The molecule has 1 heterocycles. The highest BCUT2D eigenvalue weighted by Gasteiger charge is 2.28. The molecule has 1 saturated heterocycles. The van der Waals surface area contributed by atoms with E-state index >= 15 is 0 Å². The smallest absolute Gasteiger partial charge is 0.321 e. The van der Waals surface area contributed by atoms with Crippen LogP contribution < -0.4 is 21.5 Å². The van der Waals surface area contributed by atoms with E-state index in [2.05, 4.69) is 35.3 Å². The van der Waals surface area contributed by atoms with E-state index in [4.69, 9.17) is 12.2 Å². The number of likely N-dealkylation sites (tertiary alicyclic amines) is 1. The fourth-order valence-electron chi connectivity index (χ4n) is 2.84. The number of amides is 3. The molecule has 0 saturated carbocycles. The molecule has 148 valence electrons. The standard InChI is InChI=1S/C19H29N5O2S/c1-14(2)10-11-20-18(27)23-22-17(25)15-7-6-12-24(13-15)19(26)21-16-8-4-3-5-9-16/h3-5,8-9,14-15H,6-7,10-13H2,1-2H3,(H,21,26)(H,22,25)(H2,20,23,27)/t15-/m1/s1. The quantitative estimate of drug-likeness (QED) is 0.458. The number of hydrazine groups is 1. The van der Waals surface area contributed by atoms with Gasteiger partial charge in [0, 0.05) is 25.3 Å². The van der Waals surface area contributed by atoms with E-state index in [0.29, 0.717) is 24.1 Å². The molecule has 1 fully saturated rings. The highest BCUT2D eigenvalue weighted by molar-refractivity contribution is 7.80. The number of nitrogens with one attached hydrogen (secondary N) is 4.